The summed E-state index contributed by atoms with van der Waals surface area (Å²) < 4.78 is 6.82. The normalized spacial score (nSPS) is 10.9. The van der Waals surface area contributed by atoms with E-state index in [0.29, 0.717) is 39.7 Å². The van der Waals surface area contributed by atoms with Gasteiger partial charge in [-0.15, -0.1) is 0 Å². The van der Waals surface area contributed by atoms with Crippen molar-refractivity contribution in [3.8, 4) is 28.4 Å². The maximum absolute atomic E-state index is 12.7. The molecule has 10 nitrogen and oxygen atoms in total. The van der Waals surface area contributed by atoms with E-state index in [1.807, 2.05) is 55.6 Å². The SMILES string of the molecule is COc1ccc(CNC(=O)Nc2nc(-c3cc(Cl)c4ncccc4c3)c(-c3ccn(C)n3)nc2N)cc1. The molecule has 4 N–H and O–H groups in total. The molecule has 0 bridgehead atoms. The van der Waals surface area contributed by atoms with Crippen molar-refractivity contribution in [2.75, 3.05) is 18.2 Å². The second-order valence-electron chi connectivity index (χ2n) is 8.22. The summed E-state index contributed by atoms with van der Waals surface area (Å²) in [5.74, 6) is 0.906. The molecule has 186 valence electrons. The first-order valence-corrected chi connectivity index (χ1v) is 11.7. The van der Waals surface area contributed by atoms with Crippen LogP contribution in [0, 0.1) is 0 Å². The zero-order valence-corrected chi connectivity index (χ0v) is 20.8. The Morgan fingerprint density at radius 2 is 1.92 bits per heavy atom. The molecular weight excluding hydrogens is 492 g/mol. The van der Waals surface area contributed by atoms with Crippen LogP contribution in [0.4, 0.5) is 16.4 Å². The fourth-order valence-corrected chi connectivity index (χ4v) is 4.10. The Labute approximate surface area is 217 Å². The van der Waals surface area contributed by atoms with Crippen molar-refractivity contribution in [1.29, 1.82) is 0 Å². The molecule has 11 heteroatoms. The van der Waals surface area contributed by atoms with Crippen LogP contribution in [-0.2, 0) is 13.6 Å². The lowest BCUT2D eigenvalue weighted by molar-refractivity contribution is 0.251. The number of urea groups is 1. The number of fused-ring (bicyclic) bond motifs is 1. The number of nitrogens with two attached hydrogens (primary N) is 1. The van der Waals surface area contributed by atoms with Crippen molar-refractivity contribution in [2.45, 2.75) is 6.54 Å². The van der Waals surface area contributed by atoms with Gasteiger partial charge in [0.25, 0.3) is 0 Å². The minimum absolute atomic E-state index is 0.0533. The Morgan fingerprint density at radius 3 is 2.65 bits per heavy atom. The summed E-state index contributed by atoms with van der Waals surface area (Å²) in [6.07, 6.45) is 3.48. The Bertz CT molecular complexity index is 1600. The second-order valence-corrected chi connectivity index (χ2v) is 8.63. The highest BCUT2D eigenvalue weighted by molar-refractivity contribution is 6.35. The highest BCUT2D eigenvalue weighted by Crippen LogP contribution is 2.35. The van der Waals surface area contributed by atoms with E-state index in [9.17, 15) is 4.79 Å². The molecule has 2 aromatic carbocycles. The van der Waals surface area contributed by atoms with Crippen LogP contribution in [0.2, 0.25) is 5.02 Å². The maximum Gasteiger partial charge on any atom is 0.320 e. The predicted octanol–water partition coefficient (Wildman–Crippen LogP) is 4.66. The van der Waals surface area contributed by atoms with Gasteiger partial charge in [0.15, 0.2) is 11.6 Å². The van der Waals surface area contributed by atoms with Gasteiger partial charge < -0.3 is 15.8 Å². The number of benzene rings is 2. The highest BCUT2D eigenvalue weighted by Gasteiger charge is 2.20. The van der Waals surface area contributed by atoms with Crippen LogP contribution in [0.15, 0.2) is 67.0 Å². The molecule has 5 rings (SSSR count). The molecule has 0 fully saturated rings. The van der Waals surface area contributed by atoms with Gasteiger partial charge in [-0.2, -0.15) is 5.10 Å². The summed E-state index contributed by atoms with van der Waals surface area (Å²) in [4.78, 5) is 26.3. The largest absolute Gasteiger partial charge is 0.497 e. The zero-order chi connectivity index (χ0) is 25.9. The van der Waals surface area contributed by atoms with Crippen LogP contribution in [0.3, 0.4) is 0 Å². The van der Waals surface area contributed by atoms with Gasteiger partial charge in [-0.1, -0.05) is 29.8 Å². The number of rotatable bonds is 6. The maximum atomic E-state index is 12.7. The van der Waals surface area contributed by atoms with Gasteiger partial charge in [-0.25, -0.2) is 14.8 Å². The van der Waals surface area contributed by atoms with Crippen molar-refractivity contribution in [3.63, 3.8) is 0 Å². The smallest absolute Gasteiger partial charge is 0.320 e. The summed E-state index contributed by atoms with van der Waals surface area (Å²) in [6, 6.07) is 16.1. The monoisotopic (exact) mass is 514 g/mol. The van der Waals surface area contributed by atoms with Crippen LogP contribution < -0.4 is 21.1 Å². The molecule has 2 amide bonds. The minimum Gasteiger partial charge on any atom is -0.497 e. The molecular formula is C26H23ClN8O2. The fraction of sp³-hybridized carbons (Fsp3) is 0.115. The molecule has 0 aliphatic rings. The zero-order valence-electron chi connectivity index (χ0n) is 20.1. The van der Waals surface area contributed by atoms with Crippen LogP contribution in [0.25, 0.3) is 33.5 Å². The van der Waals surface area contributed by atoms with Gasteiger partial charge in [0.1, 0.15) is 22.8 Å². The molecule has 0 unspecified atom stereocenters. The first-order valence-electron chi connectivity index (χ1n) is 11.3. The minimum atomic E-state index is -0.478. The number of aryl methyl sites for hydroxylation is 1. The number of halogens is 1. The molecule has 5 aromatic rings. The molecule has 0 radical (unpaired) electrons. The van der Waals surface area contributed by atoms with Crippen molar-refractivity contribution in [1.82, 2.24) is 30.0 Å². The second kappa shape index (κ2) is 10.1. The summed E-state index contributed by atoms with van der Waals surface area (Å²) in [5, 5.41) is 11.3. The number of ether oxygens (including phenoxy) is 1. The van der Waals surface area contributed by atoms with Gasteiger partial charge >= 0.3 is 6.03 Å². The number of anilines is 2. The summed E-state index contributed by atoms with van der Waals surface area (Å²) in [7, 11) is 3.41. The number of nitrogens with one attached hydrogen (secondary N) is 2. The molecule has 3 heterocycles. The fourth-order valence-electron chi connectivity index (χ4n) is 3.82. The lowest BCUT2D eigenvalue weighted by atomic mass is 10.0. The first-order chi connectivity index (χ1) is 17.9. The number of aromatic nitrogens is 5. The van der Waals surface area contributed by atoms with E-state index in [4.69, 9.17) is 22.1 Å². The van der Waals surface area contributed by atoms with Crippen LogP contribution in [-0.4, -0.2) is 37.9 Å². The van der Waals surface area contributed by atoms with Crippen molar-refractivity contribution in [2.24, 2.45) is 7.05 Å². The molecule has 0 saturated heterocycles. The third kappa shape index (κ3) is 5.14. The van der Waals surface area contributed by atoms with E-state index in [-0.39, 0.29) is 11.6 Å². The van der Waals surface area contributed by atoms with E-state index >= 15 is 0 Å². The topological polar surface area (TPSA) is 133 Å². The molecule has 0 aliphatic carbocycles. The average Bonchev–Trinajstić information content (AvgIpc) is 3.34. The Balaban J connectivity index is 1.48. The van der Waals surface area contributed by atoms with Crippen LogP contribution in [0.1, 0.15) is 5.56 Å². The predicted molar refractivity (Wildman–Crippen MR) is 143 cm³/mol. The lowest BCUT2D eigenvalue weighted by Crippen LogP contribution is -2.29. The number of nitrogen functional groups attached to an aromatic ring is 1. The third-order valence-corrected chi connectivity index (χ3v) is 5.94. The standard InChI is InChI=1S/C26H23ClN8O2/c1-35-11-9-20(34-35)23-22(17-12-16-4-3-10-29-21(16)19(27)13-17)32-25(24(28)31-23)33-26(36)30-14-15-5-7-18(37-2)8-6-15/h3-13H,14H2,1-2H3,(H2,28,31)(H2,30,32,33,36). The van der Waals surface area contributed by atoms with Gasteiger partial charge in [0, 0.05) is 36.9 Å². The third-order valence-electron chi connectivity index (χ3n) is 5.65. The molecule has 0 atom stereocenters. The molecule has 0 aliphatic heterocycles. The van der Waals surface area contributed by atoms with E-state index in [0.717, 1.165) is 16.7 Å². The van der Waals surface area contributed by atoms with Crippen LogP contribution >= 0.6 is 11.6 Å². The van der Waals surface area contributed by atoms with Crippen molar-refractivity contribution >= 4 is 40.2 Å². The average molecular weight is 515 g/mol. The number of pyridine rings is 1. The van der Waals surface area contributed by atoms with Crippen LogP contribution in [0.5, 0.6) is 5.75 Å². The van der Waals surface area contributed by atoms with E-state index in [2.05, 4.69) is 30.7 Å². The number of methoxy groups -OCH3 is 1. The molecule has 3 aromatic heterocycles. The van der Waals surface area contributed by atoms with Crippen molar-refractivity contribution < 1.29 is 9.53 Å². The Morgan fingerprint density at radius 1 is 1.11 bits per heavy atom. The number of carbonyl (C=O) groups is 1. The first kappa shape index (κ1) is 24.0. The lowest BCUT2D eigenvalue weighted by Gasteiger charge is -2.14. The molecule has 0 saturated carbocycles. The number of hydrogen-bond acceptors (Lipinski definition) is 7. The summed E-state index contributed by atoms with van der Waals surface area (Å²) in [5.41, 5.74) is 9.98. The summed E-state index contributed by atoms with van der Waals surface area (Å²) in [6.45, 7) is 0.301. The number of carbonyl (C=O) groups excluding carboxylic acids is 1. The number of amides is 2. The highest BCUT2D eigenvalue weighted by atomic mass is 35.5. The number of nitrogens with zero attached hydrogens (tertiary/aromatic N) is 5. The quantitative estimate of drug-likeness (QED) is 0.300. The van der Waals surface area contributed by atoms with E-state index in [1.165, 1.54) is 0 Å². The van der Waals surface area contributed by atoms with E-state index in [1.54, 1.807) is 30.3 Å². The Kier molecular flexibility index (Phi) is 6.57. The molecule has 0 spiro atoms. The summed E-state index contributed by atoms with van der Waals surface area (Å²) >= 11 is 6.55. The molecule has 37 heavy (non-hydrogen) atoms. The van der Waals surface area contributed by atoms with Gasteiger partial charge in [-0.05, 0) is 42.0 Å². The van der Waals surface area contributed by atoms with Crippen molar-refractivity contribution in [3.05, 3.63) is 77.6 Å². The number of hydrogen-bond donors (Lipinski definition) is 3. The van der Waals surface area contributed by atoms with E-state index < -0.39 is 6.03 Å². The van der Waals surface area contributed by atoms with Gasteiger partial charge in [0.2, 0.25) is 0 Å². The van der Waals surface area contributed by atoms with Gasteiger partial charge in [0.05, 0.1) is 17.6 Å². The Hall–Kier alpha value is -4.70. The van der Waals surface area contributed by atoms with Gasteiger partial charge in [-0.3, -0.25) is 15.0 Å².